The Kier molecular flexibility index (Phi) is 5.45. The number of ether oxygens (including phenoxy) is 1. The Balaban J connectivity index is 2.10. The minimum atomic E-state index is -0.516. The fourth-order valence-corrected chi connectivity index (χ4v) is 4.45. The summed E-state index contributed by atoms with van der Waals surface area (Å²) in [5.41, 5.74) is 3.15. The van der Waals surface area contributed by atoms with Crippen molar-refractivity contribution in [1.29, 1.82) is 0 Å². The maximum atomic E-state index is 12.9. The quantitative estimate of drug-likeness (QED) is 0.697. The van der Waals surface area contributed by atoms with Crippen molar-refractivity contribution >= 4 is 28.8 Å². The van der Waals surface area contributed by atoms with Crippen LogP contribution in [0.15, 0.2) is 40.5 Å². The van der Waals surface area contributed by atoms with Crippen LogP contribution in [0.4, 0.5) is 0 Å². The summed E-state index contributed by atoms with van der Waals surface area (Å²) in [6, 6.07) is 7.63. The van der Waals surface area contributed by atoms with E-state index in [1.54, 1.807) is 4.90 Å². The van der Waals surface area contributed by atoms with Gasteiger partial charge in [-0.2, -0.15) is 0 Å². The van der Waals surface area contributed by atoms with Crippen molar-refractivity contribution in [3.63, 3.8) is 0 Å². The van der Waals surface area contributed by atoms with Gasteiger partial charge in [-0.05, 0) is 44.2 Å². The van der Waals surface area contributed by atoms with E-state index in [1.807, 2.05) is 39.8 Å². The molecule has 28 heavy (non-hydrogen) atoms. The average Bonchev–Trinajstić information content (AvgIpc) is 2.86. The van der Waals surface area contributed by atoms with Crippen LogP contribution < -0.4 is 0 Å². The van der Waals surface area contributed by atoms with Gasteiger partial charge in [-0.3, -0.25) is 9.69 Å². The Hall–Kier alpha value is -2.08. The summed E-state index contributed by atoms with van der Waals surface area (Å²) < 4.78 is 5.49. The second-order valence-electron chi connectivity index (χ2n) is 8.59. The average molecular weight is 401 g/mol. The van der Waals surface area contributed by atoms with E-state index in [0.717, 1.165) is 5.56 Å². The number of aliphatic imine (C=N–C) groups is 1. The highest BCUT2D eigenvalue weighted by Gasteiger charge is 2.46. The lowest BCUT2D eigenvalue weighted by Crippen LogP contribution is -2.40. The van der Waals surface area contributed by atoms with Gasteiger partial charge in [0, 0.05) is 0 Å². The molecule has 1 saturated heterocycles. The summed E-state index contributed by atoms with van der Waals surface area (Å²) in [7, 11) is 0. The molecule has 2 aliphatic rings. The summed E-state index contributed by atoms with van der Waals surface area (Å²) in [5.74, 6) is -0.450. The molecule has 0 saturated carbocycles. The molecule has 2 atom stereocenters. The van der Waals surface area contributed by atoms with Gasteiger partial charge in [-0.25, -0.2) is 9.79 Å². The summed E-state index contributed by atoms with van der Waals surface area (Å²) in [5, 5.41) is 0.435. The van der Waals surface area contributed by atoms with Crippen LogP contribution in [0.5, 0.6) is 0 Å². The number of esters is 1. The van der Waals surface area contributed by atoms with Crippen LogP contribution in [0.2, 0.25) is 0 Å². The molecular weight excluding hydrogens is 372 g/mol. The second-order valence-corrected chi connectivity index (χ2v) is 9.90. The third-order valence-corrected chi connectivity index (χ3v) is 5.97. The van der Waals surface area contributed by atoms with Gasteiger partial charge in [-0.15, -0.1) is 0 Å². The normalized spacial score (nSPS) is 22.5. The maximum Gasteiger partial charge on any atom is 0.338 e. The highest BCUT2D eigenvalue weighted by molar-refractivity contribution is 8.15. The number of hydrogen-bond donors (Lipinski definition) is 0. The first-order valence-electron chi connectivity index (χ1n) is 9.61. The van der Waals surface area contributed by atoms with Gasteiger partial charge < -0.3 is 4.74 Å². The lowest BCUT2D eigenvalue weighted by Gasteiger charge is -2.33. The van der Waals surface area contributed by atoms with E-state index < -0.39 is 12.0 Å². The van der Waals surface area contributed by atoms with Crippen molar-refractivity contribution in [3.8, 4) is 0 Å². The van der Waals surface area contributed by atoms with Crippen LogP contribution >= 0.6 is 11.8 Å². The smallest absolute Gasteiger partial charge is 0.338 e. The number of benzene rings is 1. The van der Waals surface area contributed by atoms with E-state index in [-0.39, 0.29) is 22.7 Å². The molecule has 0 N–H and O–H groups in total. The molecule has 2 unspecified atom stereocenters. The minimum absolute atomic E-state index is 0.0245. The largest absolute Gasteiger partial charge is 0.459 e. The minimum Gasteiger partial charge on any atom is -0.459 e. The Labute approximate surface area is 171 Å². The Bertz CT molecular complexity index is 863. The first kappa shape index (κ1) is 20.6. The van der Waals surface area contributed by atoms with Crippen molar-refractivity contribution < 1.29 is 14.3 Å². The predicted octanol–water partition coefficient (Wildman–Crippen LogP) is 4.58. The summed E-state index contributed by atoms with van der Waals surface area (Å²) >= 11 is 1.43. The van der Waals surface area contributed by atoms with Gasteiger partial charge in [0.2, 0.25) is 5.91 Å². The molecule has 150 valence electrons. The van der Waals surface area contributed by atoms with Crippen LogP contribution in [0.1, 0.15) is 65.6 Å². The molecule has 0 radical (unpaired) electrons. The van der Waals surface area contributed by atoms with Crippen molar-refractivity contribution in [1.82, 2.24) is 4.90 Å². The molecule has 3 rings (SSSR count). The van der Waals surface area contributed by atoms with E-state index >= 15 is 0 Å². The van der Waals surface area contributed by atoms with Crippen molar-refractivity contribution in [2.75, 3.05) is 0 Å². The molecule has 2 heterocycles. The fourth-order valence-electron chi connectivity index (χ4n) is 3.42. The van der Waals surface area contributed by atoms with Crippen LogP contribution in [0.25, 0.3) is 0 Å². The number of carbonyl (C=O) groups is 2. The predicted molar refractivity (Wildman–Crippen MR) is 113 cm³/mol. The number of fused-ring (bicyclic) bond motifs is 1. The molecule has 0 spiro atoms. The molecule has 1 amide bonds. The number of carbonyl (C=O) groups excluding carboxylic acids is 2. The summed E-state index contributed by atoms with van der Waals surface area (Å²) in [6.07, 6.45) is -0.246. The highest BCUT2D eigenvalue weighted by atomic mass is 32.2. The van der Waals surface area contributed by atoms with Crippen LogP contribution in [0, 0.1) is 0 Å². The maximum absolute atomic E-state index is 12.9. The third-order valence-electron chi connectivity index (χ3n) is 4.91. The SMILES string of the molecule is CC1=C(C(=O)OC(C)C)C(c2ccc(C(C)(C)C)cc2)N2C(=O)C(C)SC2=N1. The molecule has 5 nitrogen and oxygen atoms in total. The first-order valence-corrected chi connectivity index (χ1v) is 10.5. The monoisotopic (exact) mass is 400 g/mol. The Morgan fingerprint density at radius 2 is 1.82 bits per heavy atom. The number of allylic oxidation sites excluding steroid dienone is 1. The van der Waals surface area contributed by atoms with Gasteiger partial charge >= 0.3 is 5.97 Å². The molecule has 0 aromatic heterocycles. The number of thioether (sulfide) groups is 1. The number of amides is 1. The van der Waals surface area contributed by atoms with Crippen LogP contribution in [-0.2, 0) is 19.7 Å². The van der Waals surface area contributed by atoms with Gasteiger partial charge in [0.1, 0.15) is 0 Å². The first-order chi connectivity index (χ1) is 13.0. The number of hydrogen-bond acceptors (Lipinski definition) is 5. The standard InChI is InChI=1S/C22H28N2O3S/c1-12(2)27-20(26)17-13(3)23-21-24(19(25)14(4)28-21)18(17)15-8-10-16(11-9-15)22(5,6)7/h8-12,14,18H,1-7H3. The van der Waals surface area contributed by atoms with Gasteiger partial charge in [0.25, 0.3) is 0 Å². The Morgan fingerprint density at radius 1 is 1.21 bits per heavy atom. The zero-order valence-corrected chi connectivity index (χ0v) is 18.4. The summed E-state index contributed by atoms with van der Waals surface area (Å²) in [4.78, 5) is 32.0. The van der Waals surface area contributed by atoms with Crippen molar-refractivity contribution in [2.45, 2.75) is 71.3 Å². The highest BCUT2D eigenvalue weighted by Crippen LogP contribution is 2.43. The molecule has 1 aromatic carbocycles. The van der Waals surface area contributed by atoms with E-state index in [9.17, 15) is 9.59 Å². The molecule has 1 aromatic rings. The van der Waals surface area contributed by atoms with E-state index in [1.165, 1.54) is 17.3 Å². The van der Waals surface area contributed by atoms with Crippen LogP contribution in [-0.4, -0.2) is 33.3 Å². The van der Waals surface area contributed by atoms with E-state index in [4.69, 9.17) is 4.74 Å². The molecule has 6 heteroatoms. The lowest BCUT2D eigenvalue weighted by atomic mass is 9.85. The number of amidine groups is 1. The van der Waals surface area contributed by atoms with Crippen LogP contribution in [0.3, 0.4) is 0 Å². The van der Waals surface area contributed by atoms with Crippen molar-refractivity contribution in [3.05, 3.63) is 46.7 Å². The topological polar surface area (TPSA) is 59.0 Å². The number of nitrogens with zero attached hydrogens (tertiary/aromatic N) is 2. The van der Waals surface area contributed by atoms with E-state index in [0.29, 0.717) is 16.4 Å². The molecular formula is C22H28N2O3S. The van der Waals surface area contributed by atoms with Crippen molar-refractivity contribution in [2.24, 2.45) is 4.99 Å². The molecule has 1 fully saturated rings. The zero-order chi connectivity index (χ0) is 20.8. The lowest BCUT2D eigenvalue weighted by molar-refractivity contribution is -0.143. The van der Waals surface area contributed by atoms with Gasteiger partial charge in [-0.1, -0.05) is 56.8 Å². The third kappa shape index (κ3) is 3.75. The van der Waals surface area contributed by atoms with Gasteiger partial charge in [0.15, 0.2) is 5.17 Å². The molecule has 2 aliphatic heterocycles. The van der Waals surface area contributed by atoms with E-state index in [2.05, 4.69) is 37.9 Å². The molecule has 0 aliphatic carbocycles. The van der Waals surface area contributed by atoms with Gasteiger partial charge in [0.05, 0.1) is 28.7 Å². The fraction of sp³-hybridized carbons (Fsp3) is 0.500. The second kappa shape index (κ2) is 7.39. The molecule has 0 bridgehead atoms. The zero-order valence-electron chi connectivity index (χ0n) is 17.6. The number of rotatable bonds is 3. The summed E-state index contributed by atoms with van der Waals surface area (Å²) in [6.45, 7) is 13.8. The Morgan fingerprint density at radius 3 is 2.36 bits per heavy atom.